The van der Waals surface area contributed by atoms with Crippen molar-refractivity contribution >= 4 is 35.8 Å². The van der Waals surface area contributed by atoms with Gasteiger partial charge in [0.2, 0.25) is 5.91 Å². The van der Waals surface area contributed by atoms with Crippen LogP contribution in [0.3, 0.4) is 0 Å². The van der Waals surface area contributed by atoms with Gasteiger partial charge in [0, 0.05) is 33.8 Å². The smallest absolute Gasteiger partial charge is 0.243 e. The van der Waals surface area contributed by atoms with Crippen LogP contribution in [0, 0.1) is 0 Å². The van der Waals surface area contributed by atoms with E-state index < -0.39 is 0 Å². The van der Waals surface area contributed by atoms with Gasteiger partial charge in [0.1, 0.15) is 6.54 Å². The van der Waals surface area contributed by atoms with Crippen molar-refractivity contribution in [2.75, 3.05) is 46.9 Å². The number of halogens is 1. The number of hydrogen-bond donors (Lipinski definition) is 2. The molecular weight excluding hydrogens is 431 g/mol. The third-order valence-corrected chi connectivity index (χ3v) is 3.35. The Bertz CT molecular complexity index is 495. The van der Waals surface area contributed by atoms with Crippen LogP contribution < -0.4 is 10.6 Å². The molecule has 0 aliphatic heterocycles. The molecule has 1 aromatic carbocycles. The maximum atomic E-state index is 11.6. The molecule has 0 aromatic heterocycles. The van der Waals surface area contributed by atoms with E-state index in [2.05, 4.69) is 27.8 Å². The summed E-state index contributed by atoms with van der Waals surface area (Å²) < 4.78 is 5.65. The Balaban J connectivity index is 0.00000576. The summed E-state index contributed by atoms with van der Waals surface area (Å²) in [4.78, 5) is 17.4. The zero-order chi connectivity index (χ0) is 17.6. The van der Waals surface area contributed by atoms with Crippen LogP contribution in [0.25, 0.3) is 0 Å². The largest absolute Gasteiger partial charge is 0.381 e. The number of guanidine groups is 1. The molecule has 0 spiro atoms. The summed E-state index contributed by atoms with van der Waals surface area (Å²) in [5.41, 5.74) is 1.29. The average molecular weight is 462 g/mol. The van der Waals surface area contributed by atoms with Crippen LogP contribution >= 0.6 is 24.0 Å². The Morgan fingerprint density at radius 1 is 1.16 bits per heavy atom. The first kappa shape index (κ1) is 23.6. The highest BCUT2D eigenvalue weighted by Crippen LogP contribution is 1.99. The standard InChI is InChI=1S/C18H30N4O2.HI/c1-4-19-18(21-15-17(23)22(2)3)20-12-8-13-24-14-11-16-9-6-5-7-10-16;/h5-7,9-10H,4,8,11-15H2,1-3H3,(H2,19,20,21);1H. The fraction of sp³-hybridized carbons (Fsp3) is 0.556. The number of nitrogens with zero attached hydrogens (tertiary/aromatic N) is 2. The molecule has 142 valence electrons. The van der Waals surface area contributed by atoms with E-state index in [9.17, 15) is 4.79 Å². The number of likely N-dealkylation sites (N-methyl/N-ethyl adjacent to an activating group) is 1. The van der Waals surface area contributed by atoms with Crippen molar-refractivity contribution in [2.24, 2.45) is 4.99 Å². The highest BCUT2D eigenvalue weighted by molar-refractivity contribution is 14.0. The van der Waals surface area contributed by atoms with Crippen molar-refractivity contribution < 1.29 is 9.53 Å². The van der Waals surface area contributed by atoms with Crippen molar-refractivity contribution in [1.82, 2.24) is 15.5 Å². The number of carbonyl (C=O) groups excluding carboxylic acids is 1. The number of amides is 1. The van der Waals surface area contributed by atoms with Gasteiger partial charge in [-0.3, -0.25) is 4.79 Å². The number of carbonyl (C=O) groups is 1. The summed E-state index contributed by atoms with van der Waals surface area (Å²) in [7, 11) is 3.45. The van der Waals surface area contributed by atoms with E-state index in [0.29, 0.717) is 12.6 Å². The van der Waals surface area contributed by atoms with Gasteiger partial charge in [-0.1, -0.05) is 30.3 Å². The quantitative estimate of drug-likeness (QED) is 0.241. The van der Waals surface area contributed by atoms with Crippen LogP contribution in [0.5, 0.6) is 0 Å². The fourth-order valence-corrected chi connectivity index (χ4v) is 1.95. The summed E-state index contributed by atoms with van der Waals surface area (Å²) in [5.74, 6) is 0.647. The second-order valence-electron chi connectivity index (χ2n) is 5.61. The normalized spacial score (nSPS) is 10.8. The molecule has 25 heavy (non-hydrogen) atoms. The van der Waals surface area contributed by atoms with Crippen molar-refractivity contribution in [3.05, 3.63) is 35.9 Å². The molecule has 0 heterocycles. The van der Waals surface area contributed by atoms with Gasteiger partial charge in [-0.15, -0.1) is 24.0 Å². The highest BCUT2D eigenvalue weighted by atomic mass is 127. The Hall–Kier alpha value is -1.35. The van der Waals surface area contributed by atoms with E-state index in [-0.39, 0.29) is 36.4 Å². The first-order valence-corrected chi connectivity index (χ1v) is 8.47. The van der Waals surface area contributed by atoms with Gasteiger partial charge in [0.15, 0.2) is 5.96 Å². The molecule has 0 radical (unpaired) electrons. The first-order valence-electron chi connectivity index (χ1n) is 8.47. The first-order chi connectivity index (χ1) is 11.6. The van der Waals surface area contributed by atoms with Gasteiger partial charge < -0.3 is 20.3 Å². The number of rotatable bonds is 10. The lowest BCUT2D eigenvalue weighted by atomic mass is 10.2. The molecule has 0 saturated heterocycles. The topological polar surface area (TPSA) is 66.0 Å². The van der Waals surface area contributed by atoms with Gasteiger partial charge in [-0.05, 0) is 25.3 Å². The van der Waals surface area contributed by atoms with Crippen molar-refractivity contribution in [1.29, 1.82) is 0 Å². The lowest BCUT2D eigenvalue weighted by Gasteiger charge is -2.12. The van der Waals surface area contributed by atoms with Crippen LogP contribution in [0.2, 0.25) is 0 Å². The second kappa shape index (κ2) is 14.9. The molecule has 0 saturated carbocycles. The average Bonchev–Trinajstić information content (AvgIpc) is 2.59. The molecule has 7 heteroatoms. The minimum atomic E-state index is -0.0172. The summed E-state index contributed by atoms with van der Waals surface area (Å²) in [6.45, 7) is 5.10. The maximum Gasteiger partial charge on any atom is 0.243 e. The molecule has 1 aromatic rings. The summed E-state index contributed by atoms with van der Waals surface area (Å²) in [5, 5.41) is 6.34. The summed E-state index contributed by atoms with van der Waals surface area (Å²) in [6.07, 6.45) is 1.83. The van der Waals surface area contributed by atoms with Gasteiger partial charge in [0.25, 0.3) is 0 Å². The monoisotopic (exact) mass is 462 g/mol. The molecule has 0 atom stereocenters. The van der Waals surface area contributed by atoms with Crippen LogP contribution in [-0.4, -0.2) is 63.7 Å². The van der Waals surface area contributed by atoms with Crippen LogP contribution in [-0.2, 0) is 16.0 Å². The molecule has 6 nitrogen and oxygen atoms in total. The van der Waals surface area contributed by atoms with Crippen LogP contribution in [0.1, 0.15) is 18.9 Å². The number of benzene rings is 1. The van der Waals surface area contributed by atoms with Crippen molar-refractivity contribution in [3.8, 4) is 0 Å². The Morgan fingerprint density at radius 2 is 1.88 bits per heavy atom. The third kappa shape index (κ3) is 11.8. The summed E-state index contributed by atoms with van der Waals surface area (Å²) >= 11 is 0. The molecular formula is C18H31IN4O2. The van der Waals surface area contributed by atoms with Gasteiger partial charge in [0.05, 0.1) is 6.61 Å². The van der Waals surface area contributed by atoms with Crippen molar-refractivity contribution in [3.63, 3.8) is 0 Å². The second-order valence-corrected chi connectivity index (χ2v) is 5.61. The van der Waals surface area contributed by atoms with E-state index in [1.165, 1.54) is 10.5 Å². The zero-order valence-electron chi connectivity index (χ0n) is 15.5. The van der Waals surface area contributed by atoms with Crippen molar-refractivity contribution in [2.45, 2.75) is 19.8 Å². The lowest BCUT2D eigenvalue weighted by Crippen LogP contribution is -2.39. The van der Waals surface area contributed by atoms with E-state index in [1.807, 2.05) is 25.1 Å². The number of nitrogens with one attached hydrogen (secondary N) is 2. The predicted octanol–water partition coefficient (Wildman–Crippen LogP) is 1.90. The van der Waals surface area contributed by atoms with E-state index in [4.69, 9.17) is 4.74 Å². The zero-order valence-corrected chi connectivity index (χ0v) is 17.8. The van der Waals surface area contributed by atoms with E-state index >= 15 is 0 Å². The highest BCUT2D eigenvalue weighted by Gasteiger charge is 2.03. The third-order valence-electron chi connectivity index (χ3n) is 3.35. The molecule has 0 fully saturated rings. The molecule has 0 aliphatic carbocycles. The minimum absolute atomic E-state index is 0. The van der Waals surface area contributed by atoms with Crippen LogP contribution in [0.4, 0.5) is 0 Å². The molecule has 0 aliphatic rings. The molecule has 0 bridgehead atoms. The van der Waals surface area contributed by atoms with Gasteiger partial charge in [-0.25, -0.2) is 4.99 Å². The maximum absolute atomic E-state index is 11.6. The SMILES string of the molecule is CCNC(=NCC(=O)N(C)C)NCCCOCCc1ccccc1.I. The number of aliphatic imine (C=N–C) groups is 1. The lowest BCUT2D eigenvalue weighted by molar-refractivity contribution is -0.127. The Labute approximate surface area is 168 Å². The molecule has 1 amide bonds. The van der Waals surface area contributed by atoms with Gasteiger partial charge >= 0.3 is 0 Å². The molecule has 2 N–H and O–H groups in total. The Morgan fingerprint density at radius 3 is 2.52 bits per heavy atom. The molecule has 0 unspecified atom stereocenters. The molecule has 1 rings (SSSR count). The minimum Gasteiger partial charge on any atom is -0.381 e. The Kier molecular flexibility index (Phi) is 14.1. The van der Waals surface area contributed by atoms with Gasteiger partial charge in [-0.2, -0.15) is 0 Å². The van der Waals surface area contributed by atoms with E-state index in [0.717, 1.165) is 32.5 Å². The summed E-state index contributed by atoms with van der Waals surface area (Å²) in [6, 6.07) is 10.3. The number of ether oxygens (including phenoxy) is 1. The fourth-order valence-electron chi connectivity index (χ4n) is 1.95. The number of hydrogen-bond acceptors (Lipinski definition) is 3. The van der Waals surface area contributed by atoms with Crippen LogP contribution in [0.15, 0.2) is 35.3 Å². The predicted molar refractivity (Wildman–Crippen MR) is 114 cm³/mol. The van der Waals surface area contributed by atoms with E-state index in [1.54, 1.807) is 14.1 Å².